The molecule has 0 bridgehead atoms. The number of benzene rings is 1. The highest BCUT2D eigenvalue weighted by Gasteiger charge is 2.34. The van der Waals surface area contributed by atoms with Crippen LogP contribution in [0.5, 0.6) is 0 Å². The van der Waals surface area contributed by atoms with Crippen molar-refractivity contribution < 1.29 is 23.4 Å². The van der Waals surface area contributed by atoms with Crippen LogP contribution >= 0.6 is 0 Å². The number of carbonyl (C=O) groups excluding carboxylic acids is 1. The quantitative estimate of drug-likeness (QED) is 0.864. The number of hydrogen-bond acceptors (Lipinski definition) is 3. The van der Waals surface area contributed by atoms with Crippen molar-refractivity contribution in [3.05, 3.63) is 35.4 Å². The Morgan fingerprint density at radius 2 is 2.12 bits per heavy atom. The van der Waals surface area contributed by atoms with Crippen molar-refractivity contribution in [3.8, 4) is 0 Å². The van der Waals surface area contributed by atoms with Gasteiger partial charge in [0.15, 0.2) is 11.6 Å². The van der Waals surface area contributed by atoms with Gasteiger partial charge in [-0.1, -0.05) is 6.07 Å². The van der Waals surface area contributed by atoms with Crippen LogP contribution in [0.25, 0.3) is 0 Å². The first-order valence-corrected chi connectivity index (χ1v) is 8.22. The van der Waals surface area contributed by atoms with Gasteiger partial charge in [0, 0.05) is 20.2 Å². The number of urea groups is 1. The lowest BCUT2D eigenvalue weighted by Gasteiger charge is -2.25. The monoisotopic (exact) mass is 340 g/mol. The summed E-state index contributed by atoms with van der Waals surface area (Å²) in [6, 6.07) is 3.00. The highest BCUT2D eigenvalue weighted by atomic mass is 19.2. The average Bonchev–Trinajstić information content (AvgIpc) is 3.30. The normalized spacial score (nSPS) is 24.7. The molecule has 7 heteroatoms. The maximum atomic E-state index is 13.4. The molecule has 0 spiro atoms. The summed E-state index contributed by atoms with van der Waals surface area (Å²) in [5.74, 6) is -1.55. The Bertz CT molecular complexity index is 609. The molecule has 0 radical (unpaired) electrons. The minimum absolute atomic E-state index is 0.278. The van der Waals surface area contributed by atoms with Crippen LogP contribution in [0.1, 0.15) is 30.9 Å². The number of aliphatic hydroxyl groups is 1. The van der Waals surface area contributed by atoms with E-state index in [0.29, 0.717) is 24.5 Å². The lowest BCUT2D eigenvalue weighted by atomic mass is 10.0. The van der Waals surface area contributed by atoms with E-state index in [1.165, 1.54) is 11.0 Å². The first-order chi connectivity index (χ1) is 11.5. The number of aliphatic hydroxyl groups excluding tert-OH is 1. The first-order valence-electron chi connectivity index (χ1n) is 8.22. The summed E-state index contributed by atoms with van der Waals surface area (Å²) in [6.07, 6.45) is 1.60. The minimum atomic E-state index is -0.933. The highest BCUT2D eigenvalue weighted by molar-refractivity contribution is 5.74. The fourth-order valence-corrected chi connectivity index (χ4v) is 3.02. The van der Waals surface area contributed by atoms with Gasteiger partial charge in [0.25, 0.3) is 0 Å². The molecular weight excluding hydrogens is 318 g/mol. The predicted molar refractivity (Wildman–Crippen MR) is 83.3 cm³/mol. The molecule has 0 aromatic heterocycles. The molecule has 1 saturated heterocycles. The molecule has 2 amide bonds. The Kier molecular flexibility index (Phi) is 5.01. The summed E-state index contributed by atoms with van der Waals surface area (Å²) in [6.45, 7) is 0.711. The van der Waals surface area contributed by atoms with Gasteiger partial charge in [-0.2, -0.15) is 0 Å². The summed E-state index contributed by atoms with van der Waals surface area (Å²) in [7, 11) is 1.63. The Hall–Kier alpha value is -1.73. The molecule has 24 heavy (non-hydrogen) atoms. The van der Waals surface area contributed by atoms with Gasteiger partial charge in [-0.3, -0.25) is 0 Å². The van der Waals surface area contributed by atoms with Crippen molar-refractivity contribution in [2.75, 3.05) is 20.2 Å². The van der Waals surface area contributed by atoms with E-state index in [1.54, 1.807) is 7.05 Å². The van der Waals surface area contributed by atoms with Crippen LogP contribution in [-0.2, 0) is 4.74 Å². The second-order valence-corrected chi connectivity index (χ2v) is 6.59. The van der Waals surface area contributed by atoms with E-state index in [0.717, 1.165) is 25.0 Å². The maximum Gasteiger partial charge on any atom is 0.317 e. The van der Waals surface area contributed by atoms with Gasteiger partial charge in [-0.15, -0.1) is 0 Å². The Balaban J connectivity index is 1.60. The van der Waals surface area contributed by atoms with E-state index in [-0.39, 0.29) is 18.6 Å². The molecule has 1 saturated carbocycles. The number of hydrogen-bond donors (Lipinski definition) is 2. The van der Waals surface area contributed by atoms with Crippen molar-refractivity contribution in [3.63, 3.8) is 0 Å². The molecule has 5 nitrogen and oxygen atoms in total. The summed E-state index contributed by atoms with van der Waals surface area (Å²) < 4.78 is 32.1. The smallest absolute Gasteiger partial charge is 0.317 e. The van der Waals surface area contributed by atoms with Crippen LogP contribution in [0.2, 0.25) is 0 Å². The van der Waals surface area contributed by atoms with Crippen LogP contribution in [-0.4, -0.2) is 48.4 Å². The second kappa shape index (κ2) is 7.03. The summed E-state index contributed by atoms with van der Waals surface area (Å²) >= 11 is 0. The number of rotatable bonds is 5. The molecule has 1 aliphatic carbocycles. The largest absolute Gasteiger partial charge is 0.391 e. The molecule has 3 rings (SSSR count). The zero-order chi connectivity index (χ0) is 17.3. The molecule has 132 valence electrons. The highest BCUT2D eigenvalue weighted by Crippen LogP contribution is 2.33. The van der Waals surface area contributed by atoms with Crippen LogP contribution in [0.15, 0.2) is 18.2 Å². The standard InChI is InChI=1S/C17H22F2N2O3/c1-21(9-15(22)10-2-3-10)17(23)20-14-6-7-24-16(14)11-4-5-12(18)13(19)8-11/h4-5,8,10,14-16,22H,2-3,6-7,9H2,1H3,(H,20,23). The van der Waals surface area contributed by atoms with E-state index in [4.69, 9.17) is 4.74 Å². The molecule has 2 N–H and O–H groups in total. The number of nitrogens with zero attached hydrogens (tertiary/aromatic N) is 1. The molecular formula is C17H22F2N2O3. The lowest BCUT2D eigenvalue weighted by molar-refractivity contribution is 0.0936. The minimum Gasteiger partial charge on any atom is -0.391 e. The van der Waals surface area contributed by atoms with Crippen molar-refractivity contribution in [1.29, 1.82) is 0 Å². The van der Waals surface area contributed by atoms with E-state index in [2.05, 4.69) is 5.32 Å². The Labute approximate surface area is 139 Å². The van der Waals surface area contributed by atoms with Crippen molar-refractivity contribution in [1.82, 2.24) is 10.2 Å². The van der Waals surface area contributed by atoms with Gasteiger partial charge in [-0.05, 0) is 42.9 Å². The number of ether oxygens (including phenoxy) is 1. The SMILES string of the molecule is CN(CC(O)C1CC1)C(=O)NC1CCOC1c1ccc(F)c(F)c1. The topological polar surface area (TPSA) is 61.8 Å². The van der Waals surface area contributed by atoms with Crippen LogP contribution in [0.4, 0.5) is 13.6 Å². The summed E-state index contributed by atoms with van der Waals surface area (Å²) in [5, 5.41) is 12.8. The lowest BCUT2D eigenvalue weighted by Crippen LogP contribution is -2.46. The average molecular weight is 340 g/mol. The number of carbonyl (C=O) groups is 1. The maximum absolute atomic E-state index is 13.4. The fourth-order valence-electron chi connectivity index (χ4n) is 3.02. The van der Waals surface area contributed by atoms with Crippen LogP contribution in [0.3, 0.4) is 0 Å². The Morgan fingerprint density at radius 1 is 1.38 bits per heavy atom. The zero-order valence-electron chi connectivity index (χ0n) is 13.5. The summed E-state index contributed by atoms with van der Waals surface area (Å²) in [5.41, 5.74) is 0.498. The molecule has 1 heterocycles. The molecule has 1 aromatic rings. The molecule has 2 aliphatic rings. The zero-order valence-corrected chi connectivity index (χ0v) is 13.5. The molecule has 2 fully saturated rings. The van der Waals surface area contributed by atoms with Gasteiger partial charge in [0.1, 0.15) is 6.10 Å². The predicted octanol–water partition coefficient (Wildman–Crippen LogP) is 2.21. The number of nitrogens with one attached hydrogen (secondary N) is 1. The molecule has 3 unspecified atom stereocenters. The second-order valence-electron chi connectivity index (χ2n) is 6.59. The number of likely N-dealkylation sites (N-methyl/N-ethyl adjacent to an activating group) is 1. The van der Waals surface area contributed by atoms with E-state index in [9.17, 15) is 18.7 Å². The van der Waals surface area contributed by atoms with E-state index < -0.39 is 23.8 Å². The van der Waals surface area contributed by atoms with Gasteiger partial charge in [0.2, 0.25) is 0 Å². The molecule has 1 aliphatic heterocycles. The molecule has 1 aromatic carbocycles. The van der Waals surface area contributed by atoms with Crippen molar-refractivity contribution in [2.45, 2.75) is 37.5 Å². The number of amides is 2. The first kappa shape index (κ1) is 17.1. The molecule has 3 atom stereocenters. The Morgan fingerprint density at radius 3 is 2.79 bits per heavy atom. The van der Waals surface area contributed by atoms with E-state index in [1.807, 2.05) is 0 Å². The number of halogens is 2. The summed E-state index contributed by atoms with van der Waals surface area (Å²) in [4.78, 5) is 13.7. The van der Waals surface area contributed by atoms with E-state index >= 15 is 0 Å². The van der Waals surface area contributed by atoms with Crippen molar-refractivity contribution in [2.24, 2.45) is 5.92 Å². The fraction of sp³-hybridized carbons (Fsp3) is 0.588. The third-order valence-corrected chi connectivity index (χ3v) is 4.65. The van der Waals surface area contributed by atoms with Crippen LogP contribution in [0, 0.1) is 17.6 Å². The third kappa shape index (κ3) is 3.84. The van der Waals surface area contributed by atoms with Gasteiger partial charge in [0.05, 0.1) is 12.1 Å². The van der Waals surface area contributed by atoms with Crippen LogP contribution < -0.4 is 5.32 Å². The van der Waals surface area contributed by atoms with Gasteiger partial charge < -0.3 is 20.1 Å². The third-order valence-electron chi connectivity index (χ3n) is 4.65. The van der Waals surface area contributed by atoms with Crippen molar-refractivity contribution >= 4 is 6.03 Å². The van der Waals surface area contributed by atoms with Gasteiger partial charge >= 0.3 is 6.03 Å². The van der Waals surface area contributed by atoms with Gasteiger partial charge in [-0.25, -0.2) is 13.6 Å².